The molecule has 1 unspecified atom stereocenters. The van der Waals surface area contributed by atoms with Crippen LogP contribution in [-0.2, 0) is 11.8 Å². The molecule has 2 rings (SSSR count). The van der Waals surface area contributed by atoms with Crippen molar-refractivity contribution in [3.05, 3.63) is 18.0 Å². The number of carbonyl (C=O) groups is 2. The Kier molecular flexibility index (Phi) is 4.82. The molecule has 1 atom stereocenters. The van der Waals surface area contributed by atoms with Crippen LogP contribution in [0.1, 0.15) is 37.8 Å². The number of carboxylic acid groups (broad SMARTS) is 1. The van der Waals surface area contributed by atoms with Crippen molar-refractivity contribution in [2.45, 2.75) is 32.2 Å². The first-order valence-corrected chi connectivity index (χ1v) is 7.28. The van der Waals surface area contributed by atoms with Crippen LogP contribution in [0.4, 0.5) is 4.79 Å². The quantitative estimate of drug-likeness (QED) is 0.829. The average molecular weight is 294 g/mol. The molecular formula is C14H22N4O3. The van der Waals surface area contributed by atoms with E-state index in [0.29, 0.717) is 24.6 Å². The van der Waals surface area contributed by atoms with Crippen molar-refractivity contribution in [3.63, 3.8) is 0 Å². The van der Waals surface area contributed by atoms with Crippen LogP contribution in [0.15, 0.2) is 12.4 Å². The van der Waals surface area contributed by atoms with E-state index in [4.69, 9.17) is 0 Å². The highest BCUT2D eigenvalue weighted by Gasteiger charge is 2.27. The van der Waals surface area contributed by atoms with Crippen LogP contribution in [0.2, 0.25) is 0 Å². The molecule has 2 amide bonds. The Bertz CT molecular complexity index is 510. The minimum atomic E-state index is -1.09. The Balaban J connectivity index is 2.01. The lowest BCUT2D eigenvalue weighted by atomic mass is 9.85. The van der Waals surface area contributed by atoms with Crippen molar-refractivity contribution in [2.24, 2.45) is 13.0 Å². The molecule has 1 aromatic rings. The first-order chi connectivity index (χ1) is 10.0. The zero-order chi connectivity index (χ0) is 15.4. The summed E-state index contributed by atoms with van der Waals surface area (Å²) >= 11 is 0. The number of carbonyl (C=O) groups excluding carboxylic acids is 1. The second kappa shape index (κ2) is 6.60. The van der Waals surface area contributed by atoms with Gasteiger partial charge in [-0.1, -0.05) is 6.42 Å². The summed E-state index contributed by atoms with van der Waals surface area (Å²) in [6.07, 6.45) is 6.57. The van der Waals surface area contributed by atoms with Crippen LogP contribution in [-0.4, -0.2) is 44.9 Å². The summed E-state index contributed by atoms with van der Waals surface area (Å²) in [6, 6.07) is -1.40. The third-order valence-corrected chi connectivity index (χ3v) is 3.95. The maximum Gasteiger partial charge on any atom is 0.331 e. The van der Waals surface area contributed by atoms with Gasteiger partial charge < -0.3 is 15.3 Å². The Labute approximate surface area is 123 Å². The summed E-state index contributed by atoms with van der Waals surface area (Å²) in [5, 5.41) is 15.8. The second-order valence-electron chi connectivity index (χ2n) is 5.50. The zero-order valence-electron chi connectivity index (χ0n) is 12.5. The highest BCUT2D eigenvalue weighted by atomic mass is 16.4. The van der Waals surface area contributed by atoms with Gasteiger partial charge in [0.1, 0.15) is 0 Å². The molecule has 1 aliphatic carbocycles. The molecule has 21 heavy (non-hydrogen) atoms. The van der Waals surface area contributed by atoms with Gasteiger partial charge in [0.15, 0.2) is 6.04 Å². The van der Waals surface area contributed by atoms with E-state index in [1.165, 1.54) is 17.3 Å². The minimum absolute atomic E-state index is 0.333. The summed E-state index contributed by atoms with van der Waals surface area (Å²) in [4.78, 5) is 25.3. The third-order valence-electron chi connectivity index (χ3n) is 3.95. The van der Waals surface area contributed by atoms with Gasteiger partial charge in [0.25, 0.3) is 0 Å². The SMILES string of the molecule is CCN(CC1CCC1)C(=O)NC(C(=O)O)c1cnn(C)c1. The summed E-state index contributed by atoms with van der Waals surface area (Å²) in [5.74, 6) is -0.534. The zero-order valence-corrected chi connectivity index (χ0v) is 12.5. The van der Waals surface area contributed by atoms with E-state index in [2.05, 4.69) is 10.4 Å². The highest BCUT2D eigenvalue weighted by Crippen LogP contribution is 2.27. The highest BCUT2D eigenvalue weighted by molar-refractivity contribution is 5.83. The fourth-order valence-corrected chi connectivity index (χ4v) is 2.43. The van der Waals surface area contributed by atoms with Gasteiger partial charge in [0.05, 0.1) is 6.20 Å². The maximum atomic E-state index is 12.3. The van der Waals surface area contributed by atoms with Gasteiger partial charge in [-0.3, -0.25) is 4.68 Å². The molecule has 0 saturated heterocycles. The van der Waals surface area contributed by atoms with Gasteiger partial charge in [-0.25, -0.2) is 9.59 Å². The monoisotopic (exact) mass is 294 g/mol. The molecule has 0 spiro atoms. The molecule has 7 heteroatoms. The first kappa shape index (κ1) is 15.3. The van der Waals surface area contributed by atoms with Gasteiger partial charge in [0.2, 0.25) is 0 Å². The van der Waals surface area contributed by atoms with Crippen molar-refractivity contribution in [3.8, 4) is 0 Å². The molecule has 2 N–H and O–H groups in total. The molecule has 1 heterocycles. The van der Waals surface area contributed by atoms with Gasteiger partial charge >= 0.3 is 12.0 Å². The van der Waals surface area contributed by atoms with E-state index in [9.17, 15) is 14.7 Å². The molecule has 0 radical (unpaired) electrons. The Morgan fingerprint density at radius 3 is 2.71 bits per heavy atom. The number of nitrogens with zero attached hydrogens (tertiary/aromatic N) is 3. The van der Waals surface area contributed by atoms with E-state index < -0.39 is 12.0 Å². The number of aliphatic carboxylic acids is 1. The first-order valence-electron chi connectivity index (χ1n) is 7.28. The molecule has 1 aliphatic rings. The molecule has 116 valence electrons. The summed E-state index contributed by atoms with van der Waals surface area (Å²) in [6.45, 7) is 3.17. The molecule has 0 aliphatic heterocycles. The van der Waals surface area contributed by atoms with Crippen molar-refractivity contribution in [1.29, 1.82) is 0 Å². The predicted octanol–water partition coefficient (Wildman–Crippen LogP) is 1.38. The van der Waals surface area contributed by atoms with Gasteiger partial charge in [-0.05, 0) is 25.7 Å². The van der Waals surface area contributed by atoms with E-state index in [1.807, 2.05) is 6.92 Å². The number of aromatic nitrogens is 2. The fourth-order valence-electron chi connectivity index (χ4n) is 2.43. The number of amides is 2. The van der Waals surface area contributed by atoms with Crippen molar-refractivity contribution in [2.75, 3.05) is 13.1 Å². The molecule has 1 aromatic heterocycles. The van der Waals surface area contributed by atoms with Crippen LogP contribution in [0.25, 0.3) is 0 Å². The number of hydrogen-bond donors (Lipinski definition) is 2. The minimum Gasteiger partial charge on any atom is -0.479 e. The molecular weight excluding hydrogens is 272 g/mol. The van der Waals surface area contributed by atoms with Gasteiger partial charge in [-0.15, -0.1) is 0 Å². The van der Waals surface area contributed by atoms with Crippen LogP contribution < -0.4 is 5.32 Å². The third kappa shape index (κ3) is 3.74. The van der Waals surface area contributed by atoms with Crippen LogP contribution in [0.3, 0.4) is 0 Å². The Morgan fingerprint density at radius 2 is 2.29 bits per heavy atom. The number of nitrogens with one attached hydrogen (secondary N) is 1. The number of carboxylic acids is 1. The Hall–Kier alpha value is -2.05. The number of hydrogen-bond acceptors (Lipinski definition) is 3. The second-order valence-corrected chi connectivity index (χ2v) is 5.50. The smallest absolute Gasteiger partial charge is 0.331 e. The predicted molar refractivity (Wildman–Crippen MR) is 76.7 cm³/mol. The number of rotatable bonds is 6. The maximum absolute atomic E-state index is 12.3. The molecule has 0 bridgehead atoms. The van der Waals surface area contributed by atoms with Crippen molar-refractivity contribution >= 4 is 12.0 Å². The van der Waals surface area contributed by atoms with Gasteiger partial charge in [-0.2, -0.15) is 5.10 Å². The molecule has 1 fully saturated rings. The summed E-state index contributed by atoms with van der Waals surface area (Å²) in [5.41, 5.74) is 0.470. The van der Waals surface area contributed by atoms with Crippen LogP contribution >= 0.6 is 0 Å². The van der Waals surface area contributed by atoms with E-state index in [1.54, 1.807) is 18.1 Å². The number of aryl methyl sites for hydroxylation is 1. The lowest BCUT2D eigenvalue weighted by Crippen LogP contribution is -2.46. The van der Waals surface area contributed by atoms with Crippen molar-refractivity contribution < 1.29 is 14.7 Å². The van der Waals surface area contributed by atoms with E-state index >= 15 is 0 Å². The molecule has 7 nitrogen and oxygen atoms in total. The van der Waals surface area contributed by atoms with Crippen LogP contribution in [0, 0.1) is 5.92 Å². The lowest BCUT2D eigenvalue weighted by molar-refractivity contribution is -0.139. The Morgan fingerprint density at radius 1 is 1.57 bits per heavy atom. The largest absolute Gasteiger partial charge is 0.479 e. The van der Waals surface area contributed by atoms with Gasteiger partial charge in [0, 0.05) is 31.9 Å². The standard InChI is InChI=1S/C14H22N4O3/c1-3-18(8-10-5-4-6-10)14(21)16-12(13(19)20)11-7-15-17(2)9-11/h7,9-10,12H,3-6,8H2,1-2H3,(H,16,21)(H,19,20). The molecule has 0 aromatic carbocycles. The average Bonchev–Trinajstić information content (AvgIpc) is 2.80. The van der Waals surface area contributed by atoms with Crippen LogP contribution in [0.5, 0.6) is 0 Å². The number of urea groups is 1. The van der Waals surface area contributed by atoms with E-state index in [0.717, 1.165) is 12.8 Å². The topological polar surface area (TPSA) is 87.5 Å². The lowest BCUT2D eigenvalue weighted by Gasteiger charge is -2.32. The van der Waals surface area contributed by atoms with E-state index in [-0.39, 0.29) is 6.03 Å². The summed E-state index contributed by atoms with van der Waals surface area (Å²) < 4.78 is 1.52. The normalized spacial score (nSPS) is 16.1. The van der Waals surface area contributed by atoms with Crippen molar-refractivity contribution in [1.82, 2.24) is 20.0 Å². The summed E-state index contributed by atoms with van der Waals surface area (Å²) in [7, 11) is 1.71. The fraction of sp³-hybridized carbons (Fsp3) is 0.643. The molecule has 1 saturated carbocycles.